The molecule has 0 aromatic carbocycles. The van der Waals surface area contributed by atoms with E-state index in [1.54, 1.807) is 7.11 Å². The predicted octanol–water partition coefficient (Wildman–Crippen LogP) is 1.97. The van der Waals surface area contributed by atoms with E-state index in [-0.39, 0.29) is 11.8 Å². The molecule has 1 saturated carbocycles. The maximum atomic E-state index is 8.73. The van der Waals surface area contributed by atoms with Crippen LogP contribution in [0.5, 0.6) is 0 Å². The van der Waals surface area contributed by atoms with Crippen LogP contribution < -0.4 is 0 Å². The first kappa shape index (κ1) is 11.1. The van der Waals surface area contributed by atoms with Gasteiger partial charge in [-0.05, 0) is 19.8 Å². The Labute approximate surface area is 94.4 Å². The number of hydrogen-bond acceptors (Lipinski definition) is 5. The van der Waals surface area contributed by atoms with Crippen molar-refractivity contribution in [3.05, 3.63) is 11.7 Å². The molecule has 0 amide bonds. The predicted molar refractivity (Wildman–Crippen MR) is 55.4 cm³/mol. The third-order valence-electron chi connectivity index (χ3n) is 3.31. The Kier molecular flexibility index (Phi) is 2.68. The van der Waals surface area contributed by atoms with Crippen LogP contribution in [0.1, 0.15) is 44.3 Å². The number of ether oxygens (including phenoxy) is 1. The fourth-order valence-corrected chi connectivity index (χ4v) is 1.60. The molecular formula is C11H15N3O2. The first-order valence-electron chi connectivity index (χ1n) is 5.43. The minimum absolute atomic E-state index is 0.0451. The number of aromatic nitrogens is 2. The van der Waals surface area contributed by atoms with Crippen molar-refractivity contribution >= 4 is 0 Å². The zero-order valence-corrected chi connectivity index (χ0v) is 9.73. The van der Waals surface area contributed by atoms with Crippen LogP contribution in [0.25, 0.3) is 0 Å². The second-order valence-electron chi connectivity index (χ2n) is 4.32. The summed E-state index contributed by atoms with van der Waals surface area (Å²) in [4.78, 5) is 4.33. The standard InChI is InChI=1S/C11H15N3O2/c1-4-11(2,15-3)10-13-9(16-14-10)8-5-7(8)6-12/h7-8H,4-5H2,1-3H3. The molecule has 0 spiro atoms. The van der Waals surface area contributed by atoms with Gasteiger partial charge in [-0.25, -0.2) is 0 Å². The van der Waals surface area contributed by atoms with Gasteiger partial charge in [0.2, 0.25) is 11.7 Å². The molecule has 3 atom stereocenters. The van der Waals surface area contributed by atoms with Crippen LogP contribution >= 0.6 is 0 Å². The molecule has 0 N–H and O–H groups in total. The summed E-state index contributed by atoms with van der Waals surface area (Å²) in [6, 6.07) is 2.20. The Hall–Kier alpha value is -1.41. The lowest BCUT2D eigenvalue weighted by Crippen LogP contribution is -2.24. The number of methoxy groups -OCH3 is 1. The molecule has 3 unspecified atom stereocenters. The van der Waals surface area contributed by atoms with Crippen molar-refractivity contribution in [3.8, 4) is 6.07 Å². The van der Waals surface area contributed by atoms with Crippen LogP contribution in [0.4, 0.5) is 0 Å². The van der Waals surface area contributed by atoms with Gasteiger partial charge in [0.15, 0.2) is 0 Å². The first-order valence-corrected chi connectivity index (χ1v) is 5.43. The van der Waals surface area contributed by atoms with Crippen molar-refractivity contribution in [2.24, 2.45) is 5.92 Å². The van der Waals surface area contributed by atoms with E-state index in [0.29, 0.717) is 11.7 Å². The quantitative estimate of drug-likeness (QED) is 0.777. The molecule has 16 heavy (non-hydrogen) atoms. The topological polar surface area (TPSA) is 71.9 Å². The van der Waals surface area contributed by atoms with Crippen LogP contribution in [-0.4, -0.2) is 17.3 Å². The summed E-state index contributed by atoms with van der Waals surface area (Å²) in [5.41, 5.74) is -0.501. The van der Waals surface area contributed by atoms with Crippen molar-refractivity contribution in [1.82, 2.24) is 10.1 Å². The van der Waals surface area contributed by atoms with Gasteiger partial charge in [0.05, 0.1) is 17.9 Å². The molecule has 0 radical (unpaired) electrons. The third kappa shape index (κ3) is 1.69. The van der Waals surface area contributed by atoms with E-state index in [4.69, 9.17) is 14.5 Å². The van der Waals surface area contributed by atoms with E-state index in [0.717, 1.165) is 12.8 Å². The molecule has 0 saturated heterocycles. The summed E-state index contributed by atoms with van der Waals surface area (Å²) >= 11 is 0. The maximum Gasteiger partial charge on any atom is 0.231 e. The molecule has 1 aliphatic rings. The molecule has 1 aliphatic carbocycles. The van der Waals surface area contributed by atoms with E-state index >= 15 is 0 Å². The molecule has 1 heterocycles. The first-order chi connectivity index (χ1) is 7.64. The van der Waals surface area contributed by atoms with Crippen LogP contribution in [0.3, 0.4) is 0 Å². The minimum Gasteiger partial charge on any atom is -0.370 e. The summed E-state index contributed by atoms with van der Waals surface area (Å²) in [5, 5.41) is 12.7. The fourth-order valence-electron chi connectivity index (χ4n) is 1.60. The summed E-state index contributed by atoms with van der Waals surface area (Å²) in [5.74, 6) is 1.31. The molecule has 5 nitrogen and oxygen atoms in total. The summed E-state index contributed by atoms with van der Waals surface area (Å²) in [7, 11) is 1.63. The molecule has 2 rings (SSSR count). The molecule has 1 aromatic rings. The molecule has 1 aromatic heterocycles. The molecular weight excluding hydrogens is 206 g/mol. The van der Waals surface area contributed by atoms with E-state index in [2.05, 4.69) is 16.2 Å². The molecule has 86 valence electrons. The van der Waals surface area contributed by atoms with Crippen molar-refractivity contribution in [2.45, 2.75) is 38.2 Å². The van der Waals surface area contributed by atoms with Gasteiger partial charge in [0, 0.05) is 7.11 Å². The van der Waals surface area contributed by atoms with Crippen molar-refractivity contribution in [3.63, 3.8) is 0 Å². The zero-order valence-electron chi connectivity index (χ0n) is 9.73. The van der Waals surface area contributed by atoms with Gasteiger partial charge in [-0.15, -0.1) is 0 Å². The van der Waals surface area contributed by atoms with E-state index in [9.17, 15) is 0 Å². The van der Waals surface area contributed by atoms with E-state index in [1.807, 2.05) is 13.8 Å². The van der Waals surface area contributed by atoms with Crippen molar-refractivity contribution in [1.29, 1.82) is 5.26 Å². The lowest BCUT2D eigenvalue weighted by molar-refractivity contribution is -0.0106. The van der Waals surface area contributed by atoms with Gasteiger partial charge in [-0.1, -0.05) is 12.1 Å². The Morgan fingerprint density at radius 2 is 2.44 bits per heavy atom. The Bertz CT molecular complexity index is 417. The normalized spacial score (nSPS) is 27.1. The zero-order chi connectivity index (χ0) is 11.8. The number of nitrogens with zero attached hydrogens (tertiary/aromatic N) is 3. The second kappa shape index (κ2) is 3.87. The lowest BCUT2D eigenvalue weighted by atomic mass is 10.0. The highest BCUT2D eigenvalue weighted by molar-refractivity contribution is 5.16. The van der Waals surface area contributed by atoms with Crippen molar-refractivity contribution < 1.29 is 9.26 Å². The molecule has 0 bridgehead atoms. The Balaban J connectivity index is 2.17. The third-order valence-corrected chi connectivity index (χ3v) is 3.31. The largest absolute Gasteiger partial charge is 0.370 e. The summed E-state index contributed by atoms with van der Waals surface area (Å²) in [6.07, 6.45) is 1.60. The summed E-state index contributed by atoms with van der Waals surface area (Å²) < 4.78 is 10.6. The second-order valence-corrected chi connectivity index (χ2v) is 4.32. The van der Waals surface area contributed by atoms with Crippen LogP contribution in [0, 0.1) is 17.2 Å². The van der Waals surface area contributed by atoms with E-state index in [1.165, 1.54) is 0 Å². The van der Waals surface area contributed by atoms with Crippen LogP contribution in [0.15, 0.2) is 4.52 Å². The van der Waals surface area contributed by atoms with Gasteiger partial charge in [0.25, 0.3) is 0 Å². The van der Waals surface area contributed by atoms with Crippen molar-refractivity contribution in [2.75, 3.05) is 7.11 Å². The number of nitriles is 1. The summed E-state index contributed by atoms with van der Waals surface area (Å²) in [6.45, 7) is 3.94. The Morgan fingerprint density at radius 1 is 1.69 bits per heavy atom. The highest BCUT2D eigenvalue weighted by Crippen LogP contribution is 2.46. The van der Waals surface area contributed by atoms with E-state index < -0.39 is 5.60 Å². The number of rotatable bonds is 4. The molecule has 1 fully saturated rings. The van der Waals surface area contributed by atoms with Gasteiger partial charge in [0.1, 0.15) is 5.60 Å². The SMILES string of the molecule is CCC(C)(OC)c1noc(C2CC2C#N)n1. The van der Waals surface area contributed by atoms with Gasteiger partial charge in [-0.2, -0.15) is 10.2 Å². The van der Waals surface area contributed by atoms with Gasteiger partial charge in [-0.3, -0.25) is 0 Å². The van der Waals surface area contributed by atoms with Gasteiger partial charge < -0.3 is 9.26 Å². The monoisotopic (exact) mass is 221 g/mol. The highest BCUT2D eigenvalue weighted by Gasteiger charge is 2.44. The fraction of sp³-hybridized carbons (Fsp3) is 0.727. The molecule has 0 aliphatic heterocycles. The smallest absolute Gasteiger partial charge is 0.231 e. The van der Waals surface area contributed by atoms with Crippen LogP contribution in [0.2, 0.25) is 0 Å². The maximum absolute atomic E-state index is 8.73. The highest BCUT2D eigenvalue weighted by atomic mass is 16.5. The lowest BCUT2D eigenvalue weighted by Gasteiger charge is -2.21. The average Bonchev–Trinajstić information content (AvgIpc) is 2.95. The number of hydrogen-bond donors (Lipinski definition) is 0. The van der Waals surface area contributed by atoms with Gasteiger partial charge >= 0.3 is 0 Å². The molecule has 5 heteroatoms. The Morgan fingerprint density at radius 3 is 2.94 bits per heavy atom. The average molecular weight is 221 g/mol. The minimum atomic E-state index is -0.501. The van der Waals surface area contributed by atoms with Crippen LogP contribution in [-0.2, 0) is 10.3 Å².